The Labute approximate surface area is 175 Å². The van der Waals surface area contributed by atoms with Crippen LogP contribution in [0.3, 0.4) is 0 Å². The summed E-state index contributed by atoms with van der Waals surface area (Å²) in [6.07, 6.45) is 1.44. The Balaban J connectivity index is 2.28. The number of nitrogens with one attached hydrogen (secondary N) is 1. The number of hydrogen-bond donors (Lipinski definition) is 1. The molecule has 29 heavy (non-hydrogen) atoms. The van der Waals surface area contributed by atoms with Crippen LogP contribution in [-0.4, -0.2) is 25.7 Å². The lowest BCUT2D eigenvalue weighted by molar-refractivity contribution is -0.112. The fourth-order valence-electron chi connectivity index (χ4n) is 2.51. The maximum Gasteiger partial charge on any atom is 0.266 e. The molecule has 0 saturated carbocycles. The maximum atomic E-state index is 12.6. The molecule has 0 fully saturated rings. The average Bonchev–Trinajstić information content (AvgIpc) is 2.71. The SMILES string of the molecule is CCOc1ccc(NC(=O)/C(C#N)=C/c2cc(Cl)c(OCC)cc2OCC)cc1. The van der Waals surface area contributed by atoms with Crippen molar-refractivity contribution in [3.05, 3.63) is 52.6 Å². The van der Waals surface area contributed by atoms with E-state index in [2.05, 4.69) is 5.32 Å². The summed E-state index contributed by atoms with van der Waals surface area (Å²) in [5.74, 6) is 1.12. The molecule has 2 rings (SSSR count). The Morgan fingerprint density at radius 2 is 1.66 bits per heavy atom. The fraction of sp³-hybridized carbons (Fsp3) is 0.273. The summed E-state index contributed by atoms with van der Waals surface area (Å²) in [4.78, 5) is 12.6. The van der Waals surface area contributed by atoms with Gasteiger partial charge in [-0.2, -0.15) is 5.26 Å². The van der Waals surface area contributed by atoms with E-state index in [9.17, 15) is 10.1 Å². The summed E-state index contributed by atoms with van der Waals surface area (Å²) < 4.78 is 16.5. The zero-order valence-corrected chi connectivity index (χ0v) is 17.4. The average molecular weight is 415 g/mol. The Kier molecular flexibility index (Phi) is 8.38. The second-order valence-corrected chi connectivity index (χ2v) is 6.18. The number of benzene rings is 2. The largest absolute Gasteiger partial charge is 0.494 e. The number of rotatable bonds is 9. The predicted octanol–water partition coefficient (Wildman–Crippen LogP) is 5.08. The van der Waals surface area contributed by atoms with E-state index in [0.29, 0.717) is 53.3 Å². The number of carbonyl (C=O) groups is 1. The van der Waals surface area contributed by atoms with Crippen LogP contribution in [0.25, 0.3) is 6.08 Å². The molecule has 0 aromatic heterocycles. The number of anilines is 1. The van der Waals surface area contributed by atoms with Crippen LogP contribution in [0.4, 0.5) is 5.69 Å². The molecule has 0 saturated heterocycles. The summed E-state index contributed by atoms with van der Waals surface area (Å²) in [5, 5.41) is 12.5. The maximum absolute atomic E-state index is 12.6. The van der Waals surface area contributed by atoms with E-state index in [-0.39, 0.29) is 5.57 Å². The first-order chi connectivity index (χ1) is 14.0. The van der Waals surface area contributed by atoms with Gasteiger partial charge in [0.05, 0.1) is 24.8 Å². The summed E-state index contributed by atoms with van der Waals surface area (Å²) in [5.41, 5.74) is 0.980. The highest BCUT2D eigenvalue weighted by Crippen LogP contribution is 2.34. The van der Waals surface area contributed by atoms with E-state index in [4.69, 9.17) is 25.8 Å². The summed E-state index contributed by atoms with van der Waals surface area (Å²) >= 11 is 6.25. The molecule has 0 aliphatic heterocycles. The minimum absolute atomic E-state index is 0.0833. The van der Waals surface area contributed by atoms with Crippen LogP contribution in [-0.2, 0) is 4.79 Å². The van der Waals surface area contributed by atoms with Gasteiger partial charge in [-0.1, -0.05) is 11.6 Å². The summed E-state index contributed by atoms with van der Waals surface area (Å²) in [6.45, 7) is 7.00. The van der Waals surface area contributed by atoms with Crippen molar-refractivity contribution in [2.24, 2.45) is 0 Å². The Morgan fingerprint density at radius 3 is 2.24 bits per heavy atom. The van der Waals surface area contributed by atoms with Crippen molar-refractivity contribution in [2.45, 2.75) is 20.8 Å². The molecular weight excluding hydrogens is 392 g/mol. The molecule has 0 unspecified atom stereocenters. The third-order valence-electron chi connectivity index (χ3n) is 3.75. The number of nitriles is 1. The Hall–Kier alpha value is -3.17. The number of ether oxygens (including phenoxy) is 3. The molecule has 1 N–H and O–H groups in total. The highest BCUT2D eigenvalue weighted by atomic mass is 35.5. The van der Waals surface area contributed by atoms with Crippen LogP contribution in [0, 0.1) is 11.3 Å². The first-order valence-corrected chi connectivity index (χ1v) is 9.65. The van der Waals surface area contributed by atoms with Crippen LogP contribution >= 0.6 is 11.6 Å². The number of hydrogen-bond acceptors (Lipinski definition) is 5. The van der Waals surface area contributed by atoms with Crippen LogP contribution in [0.15, 0.2) is 42.0 Å². The predicted molar refractivity (Wildman–Crippen MR) is 114 cm³/mol. The molecule has 0 bridgehead atoms. The van der Waals surface area contributed by atoms with Gasteiger partial charge < -0.3 is 19.5 Å². The molecule has 7 heteroatoms. The van der Waals surface area contributed by atoms with Crippen molar-refractivity contribution >= 4 is 29.3 Å². The van der Waals surface area contributed by atoms with Gasteiger partial charge in [0.1, 0.15) is 28.9 Å². The molecule has 0 aliphatic rings. The highest BCUT2D eigenvalue weighted by molar-refractivity contribution is 6.32. The van der Waals surface area contributed by atoms with Gasteiger partial charge in [0.15, 0.2) is 0 Å². The minimum Gasteiger partial charge on any atom is -0.494 e. The number of carbonyl (C=O) groups excluding carboxylic acids is 1. The first kappa shape index (κ1) is 22.1. The van der Waals surface area contributed by atoms with Crippen molar-refractivity contribution in [2.75, 3.05) is 25.1 Å². The lowest BCUT2D eigenvalue weighted by atomic mass is 10.1. The smallest absolute Gasteiger partial charge is 0.266 e. The van der Waals surface area contributed by atoms with E-state index >= 15 is 0 Å². The molecule has 152 valence electrons. The fourth-order valence-corrected chi connectivity index (χ4v) is 2.74. The van der Waals surface area contributed by atoms with Crippen LogP contribution in [0.5, 0.6) is 17.2 Å². The van der Waals surface area contributed by atoms with Gasteiger partial charge in [0, 0.05) is 17.3 Å². The molecule has 0 atom stereocenters. The van der Waals surface area contributed by atoms with Gasteiger partial charge in [0.25, 0.3) is 5.91 Å². The van der Waals surface area contributed by atoms with E-state index in [1.54, 1.807) is 36.4 Å². The molecule has 0 aliphatic carbocycles. The van der Waals surface area contributed by atoms with Crippen molar-refractivity contribution in [1.29, 1.82) is 5.26 Å². The Morgan fingerprint density at radius 1 is 1.03 bits per heavy atom. The summed E-state index contributed by atoms with van der Waals surface area (Å²) in [6, 6.07) is 12.1. The second-order valence-electron chi connectivity index (χ2n) is 5.77. The molecular formula is C22H23ClN2O4. The zero-order chi connectivity index (χ0) is 21.2. The van der Waals surface area contributed by atoms with Crippen molar-refractivity contribution in [3.63, 3.8) is 0 Å². The number of nitrogens with zero attached hydrogens (tertiary/aromatic N) is 1. The van der Waals surface area contributed by atoms with E-state index in [0.717, 1.165) is 0 Å². The van der Waals surface area contributed by atoms with Crippen molar-refractivity contribution in [1.82, 2.24) is 0 Å². The number of amides is 1. The molecule has 0 heterocycles. The lowest BCUT2D eigenvalue weighted by Gasteiger charge is -2.12. The van der Waals surface area contributed by atoms with E-state index in [1.807, 2.05) is 26.8 Å². The van der Waals surface area contributed by atoms with Gasteiger partial charge in [-0.3, -0.25) is 4.79 Å². The molecule has 6 nitrogen and oxygen atoms in total. The molecule has 2 aromatic carbocycles. The van der Waals surface area contributed by atoms with Gasteiger partial charge in [-0.15, -0.1) is 0 Å². The van der Waals surface area contributed by atoms with Crippen LogP contribution < -0.4 is 19.5 Å². The molecule has 2 aromatic rings. The van der Waals surface area contributed by atoms with E-state index in [1.165, 1.54) is 6.08 Å². The van der Waals surface area contributed by atoms with Gasteiger partial charge in [-0.05, 0) is 57.2 Å². The quantitative estimate of drug-likeness (QED) is 0.457. The van der Waals surface area contributed by atoms with E-state index < -0.39 is 5.91 Å². The zero-order valence-electron chi connectivity index (χ0n) is 16.6. The molecule has 0 radical (unpaired) electrons. The van der Waals surface area contributed by atoms with Gasteiger partial charge >= 0.3 is 0 Å². The van der Waals surface area contributed by atoms with Crippen LogP contribution in [0.1, 0.15) is 26.3 Å². The monoisotopic (exact) mass is 414 g/mol. The normalized spacial score (nSPS) is 10.8. The molecule has 1 amide bonds. The summed E-state index contributed by atoms with van der Waals surface area (Å²) in [7, 11) is 0. The van der Waals surface area contributed by atoms with Gasteiger partial charge in [-0.25, -0.2) is 0 Å². The third-order valence-corrected chi connectivity index (χ3v) is 4.05. The van der Waals surface area contributed by atoms with Crippen molar-refractivity contribution in [3.8, 4) is 23.3 Å². The van der Waals surface area contributed by atoms with Crippen LogP contribution in [0.2, 0.25) is 5.02 Å². The van der Waals surface area contributed by atoms with Crippen molar-refractivity contribution < 1.29 is 19.0 Å². The topological polar surface area (TPSA) is 80.6 Å². The Bertz CT molecular complexity index is 918. The first-order valence-electron chi connectivity index (χ1n) is 9.27. The lowest BCUT2D eigenvalue weighted by Crippen LogP contribution is -2.13. The third kappa shape index (κ3) is 6.16. The van der Waals surface area contributed by atoms with Gasteiger partial charge in [0.2, 0.25) is 0 Å². The highest BCUT2D eigenvalue weighted by Gasteiger charge is 2.14. The second kappa shape index (κ2) is 11.0. The minimum atomic E-state index is -0.538. The standard InChI is InChI=1S/C22H23ClN2O4/c1-4-27-18-9-7-17(8-10-18)25-22(26)16(14-24)11-15-12-19(23)21(29-6-3)13-20(15)28-5-2/h7-13H,4-6H2,1-3H3,(H,25,26)/b16-11+. The molecule has 0 spiro atoms. The number of halogens is 1.